The minimum absolute atomic E-state index is 0.0334. The number of amides is 1. The Morgan fingerprint density at radius 1 is 1.47 bits per heavy atom. The normalized spacial score (nSPS) is 21.2. The standard InChI is InChI=1S/C10H8N2OS2/c11-5-4-12-10(13)9(5)8-3-7-6(15-8)1-2-14-7/h1-3,9,11H,4H2,(H,12,13). The van der Waals surface area contributed by atoms with Crippen molar-refractivity contribution in [2.24, 2.45) is 0 Å². The molecular weight excluding hydrogens is 228 g/mol. The van der Waals surface area contributed by atoms with Gasteiger partial charge in [0.05, 0.1) is 6.54 Å². The van der Waals surface area contributed by atoms with Gasteiger partial charge in [-0.2, -0.15) is 0 Å². The Bertz CT molecular complexity index is 510. The molecule has 2 aromatic heterocycles. The van der Waals surface area contributed by atoms with E-state index >= 15 is 0 Å². The molecule has 0 saturated carbocycles. The first kappa shape index (κ1) is 9.06. The van der Waals surface area contributed by atoms with E-state index in [9.17, 15) is 4.79 Å². The van der Waals surface area contributed by atoms with Gasteiger partial charge in [0, 0.05) is 20.0 Å². The van der Waals surface area contributed by atoms with Gasteiger partial charge < -0.3 is 10.7 Å². The first-order valence-electron chi connectivity index (χ1n) is 4.57. The molecule has 1 saturated heterocycles. The number of hydrogen-bond donors (Lipinski definition) is 2. The second-order valence-corrected chi connectivity index (χ2v) is 5.54. The quantitative estimate of drug-likeness (QED) is 0.783. The van der Waals surface area contributed by atoms with Crippen molar-refractivity contribution in [2.45, 2.75) is 5.92 Å². The van der Waals surface area contributed by atoms with Gasteiger partial charge in [0.25, 0.3) is 0 Å². The summed E-state index contributed by atoms with van der Waals surface area (Å²) in [6.45, 7) is 0.398. The van der Waals surface area contributed by atoms with Crippen molar-refractivity contribution in [1.29, 1.82) is 5.41 Å². The number of thiophene rings is 2. The summed E-state index contributed by atoms with van der Waals surface area (Å²) in [5.41, 5.74) is 0.480. The average Bonchev–Trinajstić information content (AvgIpc) is 2.80. The van der Waals surface area contributed by atoms with Gasteiger partial charge in [-0.3, -0.25) is 4.79 Å². The summed E-state index contributed by atoms with van der Waals surface area (Å²) in [6, 6.07) is 4.10. The molecule has 1 aliphatic heterocycles. The maximum atomic E-state index is 11.5. The van der Waals surface area contributed by atoms with Crippen LogP contribution in [0.2, 0.25) is 0 Å². The number of fused-ring (bicyclic) bond motifs is 1. The van der Waals surface area contributed by atoms with Crippen molar-refractivity contribution in [1.82, 2.24) is 5.32 Å². The monoisotopic (exact) mass is 236 g/mol. The molecule has 0 bridgehead atoms. The van der Waals surface area contributed by atoms with E-state index in [1.165, 1.54) is 9.40 Å². The Labute approximate surface area is 94.2 Å². The Morgan fingerprint density at radius 3 is 3.00 bits per heavy atom. The molecule has 1 unspecified atom stereocenters. The molecule has 0 radical (unpaired) electrons. The molecule has 3 nitrogen and oxygen atoms in total. The lowest BCUT2D eigenvalue weighted by Crippen LogP contribution is -2.17. The molecule has 0 spiro atoms. The number of nitrogens with one attached hydrogen (secondary N) is 2. The highest BCUT2D eigenvalue weighted by molar-refractivity contribution is 7.27. The maximum Gasteiger partial charge on any atom is 0.234 e. The number of carbonyl (C=O) groups excluding carboxylic acids is 1. The molecule has 15 heavy (non-hydrogen) atoms. The summed E-state index contributed by atoms with van der Waals surface area (Å²) in [4.78, 5) is 12.5. The molecule has 3 rings (SSSR count). The van der Waals surface area contributed by atoms with E-state index in [4.69, 9.17) is 5.41 Å². The van der Waals surface area contributed by atoms with E-state index in [2.05, 4.69) is 11.4 Å². The highest BCUT2D eigenvalue weighted by Crippen LogP contribution is 2.35. The van der Waals surface area contributed by atoms with Crippen molar-refractivity contribution in [3.63, 3.8) is 0 Å². The van der Waals surface area contributed by atoms with Crippen LogP contribution in [0.5, 0.6) is 0 Å². The molecule has 2 N–H and O–H groups in total. The summed E-state index contributed by atoms with van der Waals surface area (Å²) < 4.78 is 2.42. The zero-order chi connectivity index (χ0) is 10.4. The summed E-state index contributed by atoms with van der Waals surface area (Å²) in [6.07, 6.45) is 0. The van der Waals surface area contributed by atoms with Crippen LogP contribution in [0.3, 0.4) is 0 Å². The van der Waals surface area contributed by atoms with Gasteiger partial charge in [-0.05, 0) is 17.5 Å². The lowest BCUT2D eigenvalue weighted by Gasteiger charge is -2.02. The highest BCUT2D eigenvalue weighted by atomic mass is 32.1. The van der Waals surface area contributed by atoms with Gasteiger partial charge in [0.2, 0.25) is 5.91 Å². The summed E-state index contributed by atoms with van der Waals surface area (Å²) in [7, 11) is 0. The van der Waals surface area contributed by atoms with Crippen LogP contribution in [-0.2, 0) is 4.79 Å². The summed E-state index contributed by atoms with van der Waals surface area (Å²) in [5, 5.41) is 12.5. The van der Waals surface area contributed by atoms with Crippen molar-refractivity contribution < 1.29 is 4.79 Å². The fraction of sp³-hybridized carbons (Fsp3) is 0.200. The van der Waals surface area contributed by atoms with Crippen LogP contribution in [0, 0.1) is 5.41 Å². The van der Waals surface area contributed by atoms with E-state index < -0.39 is 0 Å². The summed E-state index contributed by atoms with van der Waals surface area (Å²) >= 11 is 3.30. The van der Waals surface area contributed by atoms with Crippen molar-refractivity contribution in [3.8, 4) is 0 Å². The third-order valence-electron chi connectivity index (χ3n) is 2.51. The minimum atomic E-state index is -0.338. The lowest BCUT2D eigenvalue weighted by molar-refractivity contribution is -0.119. The van der Waals surface area contributed by atoms with Crippen molar-refractivity contribution >= 4 is 43.7 Å². The maximum absolute atomic E-state index is 11.5. The Morgan fingerprint density at radius 2 is 2.33 bits per heavy atom. The van der Waals surface area contributed by atoms with Gasteiger partial charge in [-0.1, -0.05) is 0 Å². The van der Waals surface area contributed by atoms with Crippen LogP contribution in [0.1, 0.15) is 10.8 Å². The second kappa shape index (κ2) is 3.15. The highest BCUT2D eigenvalue weighted by Gasteiger charge is 2.32. The van der Waals surface area contributed by atoms with Gasteiger partial charge in [-0.25, -0.2) is 0 Å². The van der Waals surface area contributed by atoms with Crippen LogP contribution < -0.4 is 5.32 Å². The SMILES string of the molecule is N=C1CNC(=O)C1c1cc2sccc2s1. The molecule has 76 valence electrons. The lowest BCUT2D eigenvalue weighted by atomic mass is 10.1. The molecule has 5 heteroatoms. The third-order valence-corrected chi connectivity index (χ3v) is 4.66. The summed E-state index contributed by atoms with van der Waals surface area (Å²) in [5.74, 6) is -0.372. The largest absolute Gasteiger partial charge is 0.350 e. The smallest absolute Gasteiger partial charge is 0.234 e. The first-order chi connectivity index (χ1) is 7.25. The van der Waals surface area contributed by atoms with Crippen LogP contribution in [0.15, 0.2) is 17.5 Å². The Kier molecular flexibility index (Phi) is 1.90. The van der Waals surface area contributed by atoms with Gasteiger partial charge in [0.15, 0.2) is 0 Å². The number of hydrogen-bond acceptors (Lipinski definition) is 4. The van der Waals surface area contributed by atoms with Crippen LogP contribution in [0.4, 0.5) is 0 Å². The average molecular weight is 236 g/mol. The Hall–Kier alpha value is -1.20. The first-order valence-corrected chi connectivity index (χ1v) is 6.27. The molecule has 0 aliphatic carbocycles. The zero-order valence-electron chi connectivity index (χ0n) is 7.74. The van der Waals surface area contributed by atoms with Crippen LogP contribution >= 0.6 is 22.7 Å². The number of carbonyl (C=O) groups is 1. The molecule has 1 amide bonds. The molecule has 1 aliphatic rings. The van der Waals surface area contributed by atoms with E-state index in [0.29, 0.717) is 12.3 Å². The van der Waals surface area contributed by atoms with E-state index in [1.54, 1.807) is 22.7 Å². The van der Waals surface area contributed by atoms with Crippen molar-refractivity contribution in [2.75, 3.05) is 6.54 Å². The fourth-order valence-electron chi connectivity index (χ4n) is 1.77. The second-order valence-electron chi connectivity index (χ2n) is 3.47. The zero-order valence-corrected chi connectivity index (χ0v) is 9.37. The molecule has 2 aromatic rings. The van der Waals surface area contributed by atoms with E-state index in [0.717, 1.165) is 4.88 Å². The van der Waals surface area contributed by atoms with Gasteiger partial charge >= 0.3 is 0 Å². The predicted octanol–water partition coefficient (Wildman–Crippen LogP) is 2.20. The van der Waals surface area contributed by atoms with Crippen molar-refractivity contribution in [3.05, 3.63) is 22.4 Å². The minimum Gasteiger partial charge on any atom is -0.350 e. The molecule has 1 fully saturated rings. The predicted molar refractivity (Wildman–Crippen MR) is 63.2 cm³/mol. The number of rotatable bonds is 1. The van der Waals surface area contributed by atoms with Gasteiger partial charge in [0.1, 0.15) is 5.92 Å². The van der Waals surface area contributed by atoms with E-state index in [1.807, 2.05) is 11.4 Å². The molecule has 0 aromatic carbocycles. The topological polar surface area (TPSA) is 53.0 Å². The van der Waals surface area contributed by atoms with Crippen LogP contribution in [-0.4, -0.2) is 18.2 Å². The molecule has 1 atom stereocenters. The molecule has 3 heterocycles. The fourth-order valence-corrected chi connectivity index (χ4v) is 4.03. The van der Waals surface area contributed by atoms with E-state index in [-0.39, 0.29) is 11.8 Å². The Balaban J connectivity index is 2.09. The van der Waals surface area contributed by atoms with Gasteiger partial charge in [-0.15, -0.1) is 22.7 Å². The third kappa shape index (κ3) is 1.31. The van der Waals surface area contributed by atoms with Crippen LogP contribution in [0.25, 0.3) is 9.40 Å². The molecular formula is C10H8N2OS2.